The summed E-state index contributed by atoms with van der Waals surface area (Å²) in [5, 5.41) is 11.0. The van der Waals surface area contributed by atoms with Gasteiger partial charge >= 0.3 is 0 Å². The first-order chi connectivity index (χ1) is 14.5. The van der Waals surface area contributed by atoms with Crippen molar-refractivity contribution in [2.24, 2.45) is 0 Å². The molecule has 0 radical (unpaired) electrons. The predicted octanol–water partition coefficient (Wildman–Crippen LogP) is 3.16. The van der Waals surface area contributed by atoms with E-state index in [9.17, 15) is 14.7 Å². The van der Waals surface area contributed by atoms with Crippen LogP contribution in [-0.4, -0.2) is 56.2 Å². The van der Waals surface area contributed by atoms with Gasteiger partial charge < -0.3 is 24.2 Å². The van der Waals surface area contributed by atoms with E-state index in [1.54, 1.807) is 49.6 Å². The van der Waals surface area contributed by atoms with Crippen LogP contribution in [0.2, 0.25) is 0 Å². The first-order valence-electron chi connectivity index (χ1n) is 9.58. The number of ether oxygens (including phenoxy) is 3. The van der Waals surface area contributed by atoms with Crippen molar-refractivity contribution in [3.8, 4) is 11.5 Å². The molecule has 1 heterocycles. The highest BCUT2D eigenvalue weighted by Gasteiger charge is 2.46. The van der Waals surface area contributed by atoms with Crippen molar-refractivity contribution in [2.75, 3.05) is 34.5 Å². The smallest absolute Gasteiger partial charge is 0.295 e. The second kappa shape index (κ2) is 9.45. The molecule has 0 spiro atoms. The molecule has 7 heteroatoms. The number of likely N-dealkylation sites (tertiary alicyclic amines) is 1. The third-order valence-electron chi connectivity index (χ3n) is 5.06. The van der Waals surface area contributed by atoms with E-state index in [0.717, 1.165) is 0 Å². The topological polar surface area (TPSA) is 85.3 Å². The van der Waals surface area contributed by atoms with Gasteiger partial charge in [-0.05, 0) is 24.1 Å². The minimum absolute atomic E-state index is 0.0517. The Bertz CT molecular complexity index is 953. The third-order valence-corrected chi connectivity index (χ3v) is 5.06. The van der Waals surface area contributed by atoms with E-state index in [-0.39, 0.29) is 11.3 Å². The Hall–Kier alpha value is -3.32. The monoisotopic (exact) mass is 411 g/mol. The van der Waals surface area contributed by atoms with Crippen LogP contribution in [0.5, 0.6) is 11.5 Å². The van der Waals surface area contributed by atoms with Crippen LogP contribution >= 0.6 is 0 Å². The van der Waals surface area contributed by atoms with Crippen LogP contribution in [0.15, 0.2) is 54.1 Å². The van der Waals surface area contributed by atoms with Crippen molar-refractivity contribution in [1.29, 1.82) is 0 Å². The molecular formula is C23H25NO6. The summed E-state index contributed by atoms with van der Waals surface area (Å²) in [5.41, 5.74) is 1.16. The molecule has 1 aliphatic heterocycles. The highest BCUT2D eigenvalue weighted by molar-refractivity contribution is 6.46. The van der Waals surface area contributed by atoms with Crippen LogP contribution in [0.3, 0.4) is 0 Å². The molecule has 7 nitrogen and oxygen atoms in total. The number of methoxy groups -OCH3 is 3. The highest BCUT2D eigenvalue weighted by atomic mass is 16.5. The van der Waals surface area contributed by atoms with Gasteiger partial charge in [0.25, 0.3) is 11.7 Å². The molecule has 1 aliphatic rings. The van der Waals surface area contributed by atoms with Gasteiger partial charge in [-0.15, -0.1) is 0 Å². The Kier molecular flexibility index (Phi) is 6.74. The zero-order valence-corrected chi connectivity index (χ0v) is 17.3. The summed E-state index contributed by atoms with van der Waals surface area (Å²) in [4.78, 5) is 27.2. The van der Waals surface area contributed by atoms with Crippen LogP contribution in [0.25, 0.3) is 5.76 Å². The number of ketones is 1. The largest absolute Gasteiger partial charge is 0.507 e. The normalized spacial score (nSPS) is 18.0. The van der Waals surface area contributed by atoms with Gasteiger partial charge in [-0.3, -0.25) is 9.59 Å². The lowest BCUT2D eigenvalue weighted by atomic mass is 9.95. The fourth-order valence-electron chi connectivity index (χ4n) is 3.61. The molecule has 0 aliphatic carbocycles. The lowest BCUT2D eigenvalue weighted by Crippen LogP contribution is -2.31. The SMILES string of the molecule is COCCCN1C(=O)C(=O)C(=C(O)c2ccccc2)[C@@H]1c1ccc(OC)c(OC)c1. The molecule has 2 aromatic carbocycles. The molecule has 1 N–H and O–H groups in total. The number of rotatable bonds is 8. The summed E-state index contributed by atoms with van der Waals surface area (Å²) in [6.07, 6.45) is 0.554. The van der Waals surface area contributed by atoms with E-state index in [4.69, 9.17) is 14.2 Å². The molecule has 1 atom stereocenters. The number of hydrogen-bond donors (Lipinski definition) is 1. The maximum atomic E-state index is 12.9. The quantitative estimate of drug-likeness (QED) is 0.311. The van der Waals surface area contributed by atoms with E-state index >= 15 is 0 Å². The van der Waals surface area contributed by atoms with Crippen molar-refractivity contribution in [3.63, 3.8) is 0 Å². The Morgan fingerprint density at radius 2 is 1.70 bits per heavy atom. The minimum atomic E-state index is -0.748. The van der Waals surface area contributed by atoms with Crippen molar-refractivity contribution in [1.82, 2.24) is 4.90 Å². The molecule has 2 aromatic rings. The van der Waals surface area contributed by atoms with Crippen LogP contribution < -0.4 is 9.47 Å². The summed E-state index contributed by atoms with van der Waals surface area (Å²) >= 11 is 0. The predicted molar refractivity (Wildman–Crippen MR) is 111 cm³/mol. The number of benzene rings is 2. The van der Waals surface area contributed by atoms with Crippen molar-refractivity contribution in [3.05, 3.63) is 65.2 Å². The van der Waals surface area contributed by atoms with Gasteiger partial charge in [0.15, 0.2) is 11.5 Å². The van der Waals surface area contributed by atoms with Crippen LogP contribution in [0.1, 0.15) is 23.6 Å². The van der Waals surface area contributed by atoms with Crippen LogP contribution in [0.4, 0.5) is 0 Å². The van der Waals surface area contributed by atoms with Gasteiger partial charge in [0.1, 0.15) is 5.76 Å². The number of carbonyl (C=O) groups excluding carboxylic acids is 2. The summed E-state index contributed by atoms with van der Waals surface area (Å²) < 4.78 is 15.8. The standard InChI is InChI=1S/C23H25NO6/c1-28-13-7-12-24-20(16-10-11-17(29-2)18(14-16)30-3)19(22(26)23(24)27)21(25)15-8-5-4-6-9-15/h4-6,8-11,14,20,25H,7,12-13H2,1-3H3/t20-/m0/s1. The van der Waals surface area contributed by atoms with Gasteiger partial charge in [-0.2, -0.15) is 0 Å². The molecule has 1 amide bonds. The van der Waals surface area contributed by atoms with Crippen molar-refractivity contribution >= 4 is 17.4 Å². The summed E-state index contributed by atoms with van der Waals surface area (Å²) in [5.74, 6) is -0.572. The minimum Gasteiger partial charge on any atom is -0.507 e. The second-order valence-electron chi connectivity index (χ2n) is 6.82. The number of Topliss-reactive ketones (excluding diaryl/α,β-unsaturated/α-hetero) is 1. The van der Waals surface area contributed by atoms with E-state index in [1.807, 2.05) is 6.07 Å². The maximum absolute atomic E-state index is 12.9. The maximum Gasteiger partial charge on any atom is 0.295 e. The molecule has 0 bridgehead atoms. The Labute approximate surface area is 175 Å². The summed E-state index contributed by atoms with van der Waals surface area (Å²) in [7, 11) is 4.63. The number of carbonyl (C=O) groups is 2. The van der Waals surface area contributed by atoms with Gasteiger partial charge in [0, 0.05) is 25.8 Å². The molecule has 30 heavy (non-hydrogen) atoms. The number of hydrogen-bond acceptors (Lipinski definition) is 6. The fraction of sp³-hybridized carbons (Fsp3) is 0.304. The van der Waals surface area contributed by atoms with Gasteiger partial charge in [0.2, 0.25) is 0 Å². The van der Waals surface area contributed by atoms with Crippen LogP contribution in [-0.2, 0) is 14.3 Å². The molecule has 3 rings (SSSR count). The van der Waals surface area contributed by atoms with Gasteiger partial charge in [-0.1, -0.05) is 36.4 Å². The van der Waals surface area contributed by atoms with E-state index in [2.05, 4.69) is 0 Å². The Morgan fingerprint density at radius 1 is 1.00 bits per heavy atom. The number of nitrogens with zero attached hydrogens (tertiary/aromatic N) is 1. The number of aliphatic hydroxyl groups is 1. The second-order valence-corrected chi connectivity index (χ2v) is 6.82. The molecule has 0 unspecified atom stereocenters. The first kappa shape index (κ1) is 21.4. The summed E-state index contributed by atoms with van der Waals surface area (Å²) in [6, 6.07) is 13.2. The molecule has 1 fully saturated rings. The highest BCUT2D eigenvalue weighted by Crippen LogP contribution is 2.41. The van der Waals surface area contributed by atoms with E-state index in [1.165, 1.54) is 19.1 Å². The average Bonchev–Trinajstić information content (AvgIpc) is 3.03. The molecular weight excluding hydrogens is 386 g/mol. The molecule has 158 valence electrons. The molecule has 1 saturated heterocycles. The zero-order valence-electron chi connectivity index (χ0n) is 17.3. The molecule has 0 aromatic heterocycles. The average molecular weight is 411 g/mol. The fourth-order valence-corrected chi connectivity index (χ4v) is 3.61. The van der Waals surface area contributed by atoms with Crippen LogP contribution in [0, 0.1) is 0 Å². The number of aliphatic hydroxyl groups excluding tert-OH is 1. The Morgan fingerprint density at radius 3 is 2.33 bits per heavy atom. The zero-order chi connectivity index (χ0) is 21.7. The third kappa shape index (κ3) is 4.02. The van der Waals surface area contributed by atoms with Gasteiger partial charge in [0.05, 0.1) is 25.8 Å². The van der Waals surface area contributed by atoms with Gasteiger partial charge in [-0.25, -0.2) is 0 Å². The Balaban J connectivity index is 2.15. The van der Waals surface area contributed by atoms with Crippen molar-refractivity contribution < 1.29 is 28.9 Å². The molecule has 0 saturated carbocycles. The first-order valence-corrected chi connectivity index (χ1v) is 9.58. The number of amides is 1. The van der Waals surface area contributed by atoms with Crippen molar-refractivity contribution in [2.45, 2.75) is 12.5 Å². The van der Waals surface area contributed by atoms with E-state index in [0.29, 0.717) is 42.2 Å². The lowest BCUT2D eigenvalue weighted by Gasteiger charge is -2.26. The lowest BCUT2D eigenvalue weighted by molar-refractivity contribution is -0.140. The summed E-state index contributed by atoms with van der Waals surface area (Å²) in [6.45, 7) is 0.753. The van der Waals surface area contributed by atoms with E-state index < -0.39 is 17.7 Å².